The van der Waals surface area contributed by atoms with Crippen LogP contribution in [0.4, 0.5) is 0 Å². The van der Waals surface area contributed by atoms with Crippen molar-refractivity contribution in [1.82, 2.24) is 15.1 Å². The van der Waals surface area contributed by atoms with Crippen LogP contribution in [-0.4, -0.2) is 53.4 Å². The SMILES string of the molecule is COC(=O)CCC(NC(=O)c1nn(C)c(=O)c2ccccc12)C(=O)OC.O. The highest BCUT2D eigenvalue weighted by Crippen LogP contribution is 2.13. The zero-order valence-electron chi connectivity index (χ0n) is 15.1. The van der Waals surface area contributed by atoms with Gasteiger partial charge in [0.15, 0.2) is 5.69 Å². The first-order valence-electron chi connectivity index (χ1n) is 7.80. The average molecular weight is 379 g/mol. The maximum absolute atomic E-state index is 12.7. The Labute approximate surface area is 154 Å². The second-order valence-electron chi connectivity index (χ2n) is 5.49. The van der Waals surface area contributed by atoms with Gasteiger partial charge in [-0.05, 0) is 12.5 Å². The molecule has 1 amide bonds. The third-order valence-electron chi connectivity index (χ3n) is 3.83. The fraction of sp³-hybridized carbons (Fsp3) is 0.353. The van der Waals surface area contributed by atoms with Gasteiger partial charge < -0.3 is 20.3 Å². The normalized spacial score (nSPS) is 11.2. The first kappa shape index (κ1) is 21.8. The van der Waals surface area contributed by atoms with E-state index >= 15 is 0 Å². The lowest BCUT2D eigenvalue weighted by Crippen LogP contribution is -2.42. The van der Waals surface area contributed by atoms with Crippen molar-refractivity contribution in [2.24, 2.45) is 7.05 Å². The Balaban J connectivity index is 0.00000364. The maximum Gasteiger partial charge on any atom is 0.328 e. The number of fused-ring (bicyclic) bond motifs is 1. The molecule has 0 aliphatic carbocycles. The summed E-state index contributed by atoms with van der Waals surface area (Å²) in [4.78, 5) is 48.0. The molecule has 0 saturated heterocycles. The molecule has 1 aromatic carbocycles. The fourth-order valence-corrected chi connectivity index (χ4v) is 2.45. The number of rotatable bonds is 6. The smallest absolute Gasteiger partial charge is 0.328 e. The zero-order chi connectivity index (χ0) is 19.3. The number of carbonyl (C=O) groups is 3. The van der Waals surface area contributed by atoms with E-state index in [1.165, 1.54) is 21.3 Å². The minimum absolute atomic E-state index is 0. The van der Waals surface area contributed by atoms with E-state index in [4.69, 9.17) is 0 Å². The van der Waals surface area contributed by atoms with Crippen molar-refractivity contribution >= 4 is 28.6 Å². The topological polar surface area (TPSA) is 148 Å². The molecule has 0 aliphatic rings. The fourth-order valence-electron chi connectivity index (χ4n) is 2.45. The van der Waals surface area contributed by atoms with E-state index in [-0.39, 0.29) is 29.6 Å². The zero-order valence-corrected chi connectivity index (χ0v) is 15.1. The summed E-state index contributed by atoms with van der Waals surface area (Å²) in [6.45, 7) is 0. The highest BCUT2D eigenvalue weighted by atomic mass is 16.5. The summed E-state index contributed by atoms with van der Waals surface area (Å²) in [7, 11) is 3.84. The highest BCUT2D eigenvalue weighted by molar-refractivity contribution is 6.05. The summed E-state index contributed by atoms with van der Waals surface area (Å²) in [5.74, 6) is -1.87. The number of hydrogen-bond acceptors (Lipinski definition) is 7. The third-order valence-corrected chi connectivity index (χ3v) is 3.83. The summed E-state index contributed by atoms with van der Waals surface area (Å²) >= 11 is 0. The molecule has 1 atom stereocenters. The van der Waals surface area contributed by atoms with Crippen LogP contribution in [0.25, 0.3) is 10.8 Å². The Morgan fingerprint density at radius 3 is 2.37 bits per heavy atom. The van der Waals surface area contributed by atoms with Crippen molar-refractivity contribution in [2.75, 3.05) is 14.2 Å². The van der Waals surface area contributed by atoms with E-state index in [1.807, 2.05) is 0 Å². The lowest BCUT2D eigenvalue weighted by atomic mass is 10.1. The molecule has 1 aromatic heterocycles. The Bertz CT molecular complexity index is 907. The van der Waals surface area contributed by atoms with E-state index in [9.17, 15) is 19.2 Å². The van der Waals surface area contributed by atoms with Crippen LogP contribution in [0.3, 0.4) is 0 Å². The first-order chi connectivity index (χ1) is 12.4. The molecule has 0 bridgehead atoms. The molecule has 10 nitrogen and oxygen atoms in total. The van der Waals surface area contributed by atoms with E-state index in [0.717, 1.165) is 4.68 Å². The van der Waals surface area contributed by atoms with Gasteiger partial charge in [0.2, 0.25) is 0 Å². The van der Waals surface area contributed by atoms with Crippen molar-refractivity contribution < 1.29 is 29.3 Å². The van der Waals surface area contributed by atoms with E-state index in [1.54, 1.807) is 24.3 Å². The highest BCUT2D eigenvalue weighted by Gasteiger charge is 2.25. The number of amides is 1. The number of carbonyl (C=O) groups excluding carboxylic acids is 3. The minimum Gasteiger partial charge on any atom is -0.469 e. The number of nitrogens with one attached hydrogen (secondary N) is 1. The second kappa shape index (κ2) is 9.43. The van der Waals surface area contributed by atoms with Crippen molar-refractivity contribution in [1.29, 1.82) is 0 Å². The van der Waals surface area contributed by atoms with Gasteiger partial charge in [0, 0.05) is 18.9 Å². The Morgan fingerprint density at radius 1 is 1.15 bits per heavy atom. The van der Waals surface area contributed by atoms with Crippen molar-refractivity contribution in [2.45, 2.75) is 18.9 Å². The van der Waals surface area contributed by atoms with Gasteiger partial charge in [-0.25, -0.2) is 9.48 Å². The summed E-state index contributed by atoms with van der Waals surface area (Å²) in [6.07, 6.45) is -0.0627. The summed E-state index contributed by atoms with van der Waals surface area (Å²) in [5.41, 5.74) is -0.345. The van der Waals surface area contributed by atoms with Gasteiger partial charge in [-0.1, -0.05) is 18.2 Å². The Kier molecular flexibility index (Phi) is 7.61. The number of esters is 2. The quantitative estimate of drug-likeness (QED) is 0.655. The molecule has 27 heavy (non-hydrogen) atoms. The largest absolute Gasteiger partial charge is 0.469 e. The Hall–Kier alpha value is -3.27. The standard InChI is InChI=1S/C17H19N3O6.H2O/c1-20-16(23)11-7-5-4-6-10(11)14(19-20)15(22)18-12(17(24)26-3)8-9-13(21)25-2;/h4-7,12H,8-9H2,1-3H3,(H,18,22);1H2. The van der Waals surface area contributed by atoms with Crippen molar-refractivity contribution in [3.8, 4) is 0 Å². The van der Waals surface area contributed by atoms with Crippen molar-refractivity contribution in [3.63, 3.8) is 0 Å². The second-order valence-corrected chi connectivity index (χ2v) is 5.49. The van der Waals surface area contributed by atoms with Gasteiger partial charge >= 0.3 is 11.9 Å². The first-order valence-corrected chi connectivity index (χ1v) is 7.80. The number of hydrogen-bond donors (Lipinski definition) is 1. The predicted octanol–water partition coefficient (Wildman–Crippen LogP) is -0.667. The van der Waals surface area contributed by atoms with Gasteiger partial charge in [-0.15, -0.1) is 0 Å². The Morgan fingerprint density at radius 2 is 1.78 bits per heavy atom. The van der Waals surface area contributed by atoms with Crippen LogP contribution >= 0.6 is 0 Å². The molecule has 0 saturated carbocycles. The van der Waals surface area contributed by atoms with Gasteiger partial charge in [-0.2, -0.15) is 5.10 Å². The number of benzene rings is 1. The molecule has 146 valence electrons. The molecular weight excluding hydrogens is 358 g/mol. The number of methoxy groups -OCH3 is 2. The van der Waals surface area contributed by atoms with E-state index in [0.29, 0.717) is 10.8 Å². The molecule has 1 unspecified atom stereocenters. The molecule has 0 radical (unpaired) electrons. The van der Waals surface area contributed by atoms with Crippen LogP contribution in [0.2, 0.25) is 0 Å². The molecule has 0 spiro atoms. The minimum atomic E-state index is -1.05. The molecule has 0 aliphatic heterocycles. The predicted molar refractivity (Wildman–Crippen MR) is 95.1 cm³/mol. The average Bonchev–Trinajstić information content (AvgIpc) is 2.66. The van der Waals surface area contributed by atoms with E-state index < -0.39 is 23.9 Å². The maximum atomic E-state index is 12.7. The van der Waals surface area contributed by atoms with Crippen molar-refractivity contribution in [3.05, 3.63) is 40.3 Å². The molecular formula is C17H21N3O7. The van der Waals surface area contributed by atoms with Gasteiger partial charge in [-0.3, -0.25) is 14.4 Å². The van der Waals surface area contributed by atoms with E-state index in [2.05, 4.69) is 19.9 Å². The van der Waals surface area contributed by atoms with Gasteiger partial charge in [0.25, 0.3) is 11.5 Å². The monoisotopic (exact) mass is 379 g/mol. The van der Waals surface area contributed by atoms with Crippen LogP contribution in [0.5, 0.6) is 0 Å². The third kappa shape index (κ3) is 4.88. The molecule has 2 rings (SSSR count). The molecule has 2 aromatic rings. The van der Waals surface area contributed by atoms with Gasteiger partial charge in [0.05, 0.1) is 19.6 Å². The van der Waals surface area contributed by atoms with Crippen LogP contribution in [-0.2, 0) is 26.1 Å². The molecule has 3 N–H and O–H groups in total. The van der Waals surface area contributed by atoms with Crippen LogP contribution in [0.15, 0.2) is 29.1 Å². The number of nitrogens with zero attached hydrogens (tertiary/aromatic N) is 2. The summed E-state index contributed by atoms with van der Waals surface area (Å²) in [6, 6.07) is 5.49. The lowest BCUT2D eigenvalue weighted by Gasteiger charge is -2.16. The summed E-state index contributed by atoms with van der Waals surface area (Å²) < 4.78 is 10.3. The number of ether oxygens (including phenoxy) is 2. The molecule has 10 heteroatoms. The number of aromatic nitrogens is 2. The molecule has 0 fully saturated rings. The molecule has 1 heterocycles. The van der Waals surface area contributed by atoms with Crippen LogP contribution in [0.1, 0.15) is 23.3 Å². The van der Waals surface area contributed by atoms with Crippen LogP contribution in [0, 0.1) is 0 Å². The number of aryl methyl sites for hydroxylation is 1. The van der Waals surface area contributed by atoms with Gasteiger partial charge in [0.1, 0.15) is 6.04 Å². The summed E-state index contributed by atoms with van der Waals surface area (Å²) in [5, 5.41) is 7.20. The van der Waals surface area contributed by atoms with Crippen LogP contribution < -0.4 is 10.9 Å². The lowest BCUT2D eigenvalue weighted by molar-refractivity contribution is -0.144.